The summed E-state index contributed by atoms with van der Waals surface area (Å²) in [4.78, 5) is 16.5. The van der Waals surface area contributed by atoms with Gasteiger partial charge in [0.25, 0.3) is 0 Å². The molecule has 1 heterocycles. The first-order valence-corrected chi connectivity index (χ1v) is 6.61. The molecule has 104 valence electrons. The van der Waals surface area contributed by atoms with Crippen molar-refractivity contribution in [3.05, 3.63) is 35.6 Å². The molecule has 0 amide bonds. The molecule has 1 fully saturated rings. The Hall–Kier alpha value is -1.26. The Morgan fingerprint density at radius 3 is 2.63 bits per heavy atom. The number of rotatable bonds is 3. The maximum atomic E-state index is 13.6. The average molecular weight is 264 g/mol. The van der Waals surface area contributed by atoms with Crippen LogP contribution >= 0.6 is 0 Å². The second kappa shape index (κ2) is 5.39. The topological polar surface area (TPSA) is 23.6 Å². The second-order valence-corrected chi connectivity index (χ2v) is 5.85. The molecule has 0 bridgehead atoms. The van der Waals surface area contributed by atoms with E-state index in [0.29, 0.717) is 0 Å². The van der Waals surface area contributed by atoms with Gasteiger partial charge in [-0.1, -0.05) is 12.1 Å². The van der Waals surface area contributed by atoms with Crippen LogP contribution in [0.4, 0.5) is 4.39 Å². The minimum atomic E-state index is -0.430. The monoisotopic (exact) mass is 264 g/mol. The van der Waals surface area contributed by atoms with Crippen LogP contribution in [0.3, 0.4) is 0 Å². The number of benzene rings is 1. The van der Waals surface area contributed by atoms with Crippen LogP contribution in [0.2, 0.25) is 0 Å². The van der Waals surface area contributed by atoms with Gasteiger partial charge in [0.2, 0.25) is 0 Å². The number of hydrogen-bond acceptors (Lipinski definition) is 3. The fourth-order valence-electron chi connectivity index (χ4n) is 2.45. The van der Waals surface area contributed by atoms with Gasteiger partial charge in [-0.2, -0.15) is 0 Å². The Labute approximate surface area is 114 Å². The first kappa shape index (κ1) is 14.2. The highest BCUT2D eigenvalue weighted by atomic mass is 19.1. The van der Waals surface area contributed by atoms with Crippen molar-refractivity contribution >= 4 is 5.78 Å². The minimum Gasteiger partial charge on any atom is -0.299 e. The third-order valence-corrected chi connectivity index (χ3v) is 3.94. The smallest absolute Gasteiger partial charge is 0.179 e. The van der Waals surface area contributed by atoms with Gasteiger partial charge in [0.05, 0.1) is 12.1 Å². The molecule has 0 N–H and O–H groups in total. The molecule has 0 spiro atoms. The standard InChI is InChI=1S/C15H21FN2O/c1-15(2)11-18(9-8-17(15)3)10-14(19)12-6-4-5-7-13(12)16/h4-7H,8-11H2,1-3H3. The summed E-state index contributed by atoms with van der Waals surface area (Å²) >= 11 is 0. The number of hydrogen-bond donors (Lipinski definition) is 0. The zero-order chi connectivity index (χ0) is 14.0. The maximum absolute atomic E-state index is 13.6. The highest BCUT2D eigenvalue weighted by Gasteiger charge is 2.31. The van der Waals surface area contributed by atoms with E-state index in [9.17, 15) is 9.18 Å². The Morgan fingerprint density at radius 2 is 2.00 bits per heavy atom. The first-order chi connectivity index (χ1) is 8.90. The third kappa shape index (κ3) is 3.19. The van der Waals surface area contributed by atoms with Gasteiger partial charge in [-0.15, -0.1) is 0 Å². The molecule has 0 atom stereocenters. The van der Waals surface area contributed by atoms with E-state index in [1.54, 1.807) is 18.2 Å². The van der Waals surface area contributed by atoms with Crippen molar-refractivity contribution in [2.45, 2.75) is 19.4 Å². The quantitative estimate of drug-likeness (QED) is 0.781. The predicted octanol–water partition coefficient (Wildman–Crippen LogP) is 2.03. The molecule has 1 aliphatic heterocycles. The van der Waals surface area contributed by atoms with Gasteiger partial charge < -0.3 is 0 Å². The van der Waals surface area contributed by atoms with E-state index in [-0.39, 0.29) is 23.4 Å². The van der Waals surface area contributed by atoms with Crippen LogP contribution in [0.5, 0.6) is 0 Å². The molecular weight excluding hydrogens is 243 g/mol. The number of Topliss-reactive ketones (excluding diaryl/α,β-unsaturated/α-hetero) is 1. The van der Waals surface area contributed by atoms with Crippen molar-refractivity contribution in [3.8, 4) is 0 Å². The second-order valence-electron chi connectivity index (χ2n) is 5.85. The largest absolute Gasteiger partial charge is 0.299 e. The molecule has 1 aromatic carbocycles. The molecule has 0 unspecified atom stereocenters. The molecule has 4 heteroatoms. The number of piperazine rings is 1. The van der Waals surface area contributed by atoms with Gasteiger partial charge in [0.15, 0.2) is 5.78 Å². The molecule has 19 heavy (non-hydrogen) atoms. The fraction of sp³-hybridized carbons (Fsp3) is 0.533. The Morgan fingerprint density at radius 1 is 1.32 bits per heavy atom. The van der Waals surface area contributed by atoms with Gasteiger partial charge in [-0.25, -0.2) is 4.39 Å². The summed E-state index contributed by atoms with van der Waals surface area (Å²) < 4.78 is 13.6. The van der Waals surface area contributed by atoms with Crippen LogP contribution in [0, 0.1) is 5.82 Å². The normalized spacial score (nSPS) is 20.4. The Bertz CT molecular complexity index is 473. The predicted molar refractivity (Wildman–Crippen MR) is 73.9 cm³/mol. The molecule has 0 radical (unpaired) electrons. The summed E-state index contributed by atoms with van der Waals surface area (Å²) in [5.74, 6) is -0.570. The molecule has 3 nitrogen and oxygen atoms in total. The van der Waals surface area contributed by atoms with E-state index in [1.165, 1.54) is 6.07 Å². The number of nitrogens with zero attached hydrogens (tertiary/aromatic N) is 2. The van der Waals surface area contributed by atoms with Crippen molar-refractivity contribution < 1.29 is 9.18 Å². The van der Waals surface area contributed by atoms with Crippen LogP contribution in [0.15, 0.2) is 24.3 Å². The molecule has 0 aromatic heterocycles. The molecule has 1 saturated heterocycles. The van der Waals surface area contributed by atoms with Gasteiger partial charge in [0.1, 0.15) is 5.82 Å². The first-order valence-electron chi connectivity index (χ1n) is 6.61. The zero-order valence-corrected chi connectivity index (χ0v) is 11.8. The lowest BCUT2D eigenvalue weighted by Gasteiger charge is -2.45. The van der Waals surface area contributed by atoms with Gasteiger partial charge in [0, 0.05) is 25.2 Å². The number of carbonyl (C=O) groups is 1. The number of halogens is 1. The van der Waals surface area contributed by atoms with Crippen molar-refractivity contribution in [2.24, 2.45) is 0 Å². The van der Waals surface area contributed by atoms with Crippen molar-refractivity contribution in [1.82, 2.24) is 9.80 Å². The lowest BCUT2D eigenvalue weighted by atomic mass is 9.99. The van der Waals surface area contributed by atoms with Gasteiger partial charge in [-0.3, -0.25) is 14.6 Å². The van der Waals surface area contributed by atoms with Crippen LogP contribution < -0.4 is 0 Å². The average Bonchev–Trinajstić information content (AvgIpc) is 2.34. The number of likely N-dealkylation sites (N-methyl/N-ethyl adjacent to an activating group) is 1. The van der Waals surface area contributed by atoms with E-state index >= 15 is 0 Å². The maximum Gasteiger partial charge on any atom is 0.179 e. The van der Waals surface area contributed by atoms with Gasteiger partial charge >= 0.3 is 0 Å². The lowest BCUT2D eigenvalue weighted by Crippen LogP contribution is -2.58. The molecule has 1 aromatic rings. The van der Waals surface area contributed by atoms with E-state index in [1.807, 2.05) is 0 Å². The molecule has 0 saturated carbocycles. The van der Waals surface area contributed by atoms with Gasteiger partial charge in [-0.05, 0) is 33.0 Å². The van der Waals surface area contributed by atoms with Crippen LogP contribution in [-0.4, -0.2) is 54.3 Å². The van der Waals surface area contributed by atoms with E-state index in [2.05, 4.69) is 30.7 Å². The van der Waals surface area contributed by atoms with Crippen LogP contribution in [0.25, 0.3) is 0 Å². The van der Waals surface area contributed by atoms with Crippen molar-refractivity contribution in [2.75, 3.05) is 33.2 Å². The van der Waals surface area contributed by atoms with E-state index in [4.69, 9.17) is 0 Å². The van der Waals surface area contributed by atoms with Crippen molar-refractivity contribution in [1.29, 1.82) is 0 Å². The number of ketones is 1. The summed E-state index contributed by atoms with van der Waals surface area (Å²) in [5, 5.41) is 0. The summed E-state index contributed by atoms with van der Waals surface area (Å²) in [7, 11) is 2.09. The summed E-state index contributed by atoms with van der Waals surface area (Å²) in [6.45, 7) is 7.21. The SMILES string of the molecule is CN1CCN(CC(=O)c2ccccc2F)CC1(C)C. The third-order valence-electron chi connectivity index (χ3n) is 3.94. The highest BCUT2D eigenvalue weighted by molar-refractivity contribution is 5.97. The number of carbonyl (C=O) groups excluding carboxylic acids is 1. The molecule has 0 aliphatic carbocycles. The lowest BCUT2D eigenvalue weighted by molar-refractivity contribution is 0.0389. The van der Waals surface area contributed by atoms with E-state index < -0.39 is 5.82 Å². The Balaban J connectivity index is 2.03. The fourth-order valence-corrected chi connectivity index (χ4v) is 2.45. The molecule has 1 aliphatic rings. The summed E-state index contributed by atoms with van der Waals surface area (Å²) in [5.41, 5.74) is 0.243. The minimum absolute atomic E-state index is 0.0494. The van der Waals surface area contributed by atoms with E-state index in [0.717, 1.165) is 19.6 Å². The Kier molecular flexibility index (Phi) is 4.02. The molecule has 2 rings (SSSR count). The van der Waals surface area contributed by atoms with Crippen LogP contribution in [-0.2, 0) is 0 Å². The van der Waals surface area contributed by atoms with Crippen LogP contribution in [0.1, 0.15) is 24.2 Å². The summed E-state index contributed by atoms with van der Waals surface area (Å²) in [6.07, 6.45) is 0. The highest BCUT2D eigenvalue weighted by Crippen LogP contribution is 2.19. The summed E-state index contributed by atoms with van der Waals surface area (Å²) in [6, 6.07) is 6.19. The van der Waals surface area contributed by atoms with Crippen molar-refractivity contribution in [3.63, 3.8) is 0 Å². The molecular formula is C15H21FN2O. The zero-order valence-electron chi connectivity index (χ0n) is 11.8.